The number of ether oxygens (including phenoxy) is 1. The van der Waals surface area contributed by atoms with Crippen molar-refractivity contribution in [1.82, 2.24) is 30.3 Å². The molecule has 0 spiro atoms. The van der Waals surface area contributed by atoms with Gasteiger partial charge in [-0.3, -0.25) is 4.79 Å². The lowest BCUT2D eigenvalue weighted by atomic mass is 10.2. The molecule has 0 saturated heterocycles. The number of nitrogens with one attached hydrogen (secondary N) is 1. The van der Waals surface area contributed by atoms with Crippen LogP contribution >= 0.6 is 23.4 Å². The molecule has 1 N–H and O–H groups in total. The van der Waals surface area contributed by atoms with E-state index in [1.165, 1.54) is 11.8 Å². The molecule has 0 bridgehead atoms. The summed E-state index contributed by atoms with van der Waals surface area (Å²) in [6, 6.07) is 16.6. The van der Waals surface area contributed by atoms with Gasteiger partial charge in [0.2, 0.25) is 0 Å². The van der Waals surface area contributed by atoms with Crippen molar-refractivity contribution in [1.29, 1.82) is 0 Å². The van der Waals surface area contributed by atoms with Crippen molar-refractivity contribution in [3.63, 3.8) is 0 Å². The van der Waals surface area contributed by atoms with E-state index in [2.05, 4.69) is 25.6 Å². The largest absolute Gasteiger partial charge is 0.496 e. The molecule has 4 rings (SSSR count). The third-order valence-corrected chi connectivity index (χ3v) is 6.09. The first-order chi connectivity index (χ1) is 16.4. The number of aromatic nitrogens is 5. The van der Waals surface area contributed by atoms with Gasteiger partial charge in [-0.15, -0.1) is 5.10 Å². The fourth-order valence-corrected chi connectivity index (χ4v) is 4.46. The number of benzene rings is 2. The molecule has 0 unspecified atom stereocenters. The SMILES string of the molecule is COc1ccccc1CNC(=O)c1nnn(-c2ccc(Cl)cc2)c1CSc1nc(C)cc(C)n1. The molecule has 1 amide bonds. The zero-order chi connectivity index (χ0) is 24.1. The molecule has 8 nitrogen and oxygen atoms in total. The molecule has 10 heteroatoms. The summed E-state index contributed by atoms with van der Waals surface area (Å²) in [5.74, 6) is 0.772. The van der Waals surface area contributed by atoms with E-state index in [9.17, 15) is 4.79 Å². The molecule has 34 heavy (non-hydrogen) atoms. The number of para-hydroxylation sites is 1. The molecule has 0 fully saturated rings. The van der Waals surface area contributed by atoms with Crippen molar-refractivity contribution in [3.05, 3.63) is 88.0 Å². The van der Waals surface area contributed by atoms with Crippen LogP contribution < -0.4 is 10.1 Å². The Morgan fingerprint density at radius 1 is 1.09 bits per heavy atom. The topological polar surface area (TPSA) is 94.8 Å². The minimum Gasteiger partial charge on any atom is -0.496 e. The summed E-state index contributed by atoms with van der Waals surface area (Å²) in [6.07, 6.45) is 0. The molecule has 0 saturated carbocycles. The van der Waals surface area contributed by atoms with E-state index >= 15 is 0 Å². The highest BCUT2D eigenvalue weighted by Gasteiger charge is 2.22. The Labute approximate surface area is 206 Å². The maximum atomic E-state index is 13.1. The predicted octanol–water partition coefficient (Wildman–Crippen LogP) is 4.56. The minimum atomic E-state index is -0.330. The minimum absolute atomic E-state index is 0.238. The second-order valence-corrected chi connectivity index (χ2v) is 8.87. The van der Waals surface area contributed by atoms with Crippen molar-refractivity contribution in [2.24, 2.45) is 0 Å². The Hall–Kier alpha value is -3.43. The average Bonchev–Trinajstić information content (AvgIpc) is 3.25. The Bertz CT molecular complexity index is 1290. The fraction of sp³-hybridized carbons (Fsp3) is 0.208. The summed E-state index contributed by atoms with van der Waals surface area (Å²) in [6.45, 7) is 4.15. The average molecular weight is 495 g/mol. The normalized spacial score (nSPS) is 10.8. The van der Waals surface area contributed by atoms with Gasteiger partial charge < -0.3 is 10.1 Å². The summed E-state index contributed by atoms with van der Waals surface area (Å²) >= 11 is 7.47. The van der Waals surface area contributed by atoms with Crippen LogP contribution in [0.15, 0.2) is 59.8 Å². The molecule has 2 heterocycles. The van der Waals surface area contributed by atoms with E-state index in [1.807, 2.05) is 56.3 Å². The zero-order valence-electron chi connectivity index (χ0n) is 18.9. The van der Waals surface area contributed by atoms with Crippen LogP contribution in [0.5, 0.6) is 5.75 Å². The molecular formula is C24H23ClN6O2S. The van der Waals surface area contributed by atoms with E-state index in [4.69, 9.17) is 16.3 Å². The molecule has 0 aliphatic heterocycles. The first kappa shape index (κ1) is 23.7. The van der Waals surface area contributed by atoms with Gasteiger partial charge in [0.05, 0.1) is 18.5 Å². The summed E-state index contributed by atoms with van der Waals surface area (Å²) in [7, 11) is 1.60. The van der Waals surface area contributed by atoms with Crippen LogP contribution in [0.2, 0.25) is 5.02 Å². The standard InChI is InChI=1S/C24H23ClN6O2S/c1-15-12-16(2)28-24(27-15)34-14-20-22(29-30-31(20)19-10-8-18(25)9-11-19)23(32)26-13-17-6-4-5-7-21(17)33-3/h4-12H,13-14H2,1-3H3,(H,26,32). The van der Waals surface area contributed by atoms with E-state index < -0.39 is 0 Å². The van der Waals surface area contributed by atoms with Gasteiger partial charge in [-0.2, -0.15) is 0 Å². The Balaban J connectivity index is 1.61. The number of aryl methyl sites for hydroxylation is 2. The third-order valence-electron chi connectivity index (χ3n) is 4.98. The Morgan fingerprint density at radius 3 is 2.50 bits per heavy atom. The lowest BCUT2D eigenvalue weighted by molar-refractivity contribution is 0.0945. The second kappa shape index (κ2) is 10.7. The number of carbonyl (C=O) groups is 1. The van der Waals surface area contributed by atoms with Crippen LogP contribution in [0.25, 0.3) is 5.69 Å². The maximum absolute atomic E-state index is 13.1. The predicted molar refractivity (Wildman–Crippen MR) is 132 cm³/mol. The maximum Gasteiger partial charge on any atom is 0.274 e. The van der Waals surface area contributed by atoms with Gasteiger partial charge >= 0.3 is 0 Å². The number of hydrogen-bond donors (Lipinski definition) is 1. The smallest absolute Gasteiger partial charge is 0.274 e. The molecule has 174 valence electrons. The van der Waals surface area contributed by atoms with E-state index in [-0.39, 0.29) is 11.6 Å². The quantitative estimate of drug-likeness (QED) is 0.283. The van der Waals surface area contributed by atoms with Gasteiger partial charge in [-0.05, 0) is 50.2 Å². The molecule has 0 aliphatic rings. The van der Waals surface area contributed by atoms with Crippen molar-refractivity contribution < 1.29 is 9.53 Å². The van der Waals surface area contributed by atoms with E-state index in [0.29, 0.717) is 33.9 Å². The van der Waals surface area contributed by atoms with Crippen molar-refractivity contribution in [2.75, 3.05) is 7.11 Å². The Morgan fingerprint density at radius 2 is 1.79 bits per heavy atom. The number of thioether (sulfide) groups is 1. The summed E-state index contributed by atoms with van der Waals surface area (Å²) in [4.78, 5) is 22.1. The van der Waals surface area contributed by atoms with Gasteiger partial charge in [-0.1, -0.05) is 46.8 Å². The van der Waals surface area contributed by atoms with Crippen molar-refractivity contribution >= 4 is 29.3 Å². The lowest BCUT2D eigenvalue weighted by Gasteiger charge is -2.10. The van der Waals surface area contributed by atoms with Crippen molar-refractivity contribution in [2.45, 2.75) is 31.3 Å². The number of methoxy groups -OCH3 is 1. The molecule has 4 aromatic rings. The summed E-state index contributed by atoms with van der Waals surface area (Å²) < 4.78 is 7.02. The van der Waals surface area contributed by atoms with Crippen molar-refractivity contribution in [3.8, 4) is 11.4 Å². The molecule has 2 aromatic heterocycles. The number of nitrogens with zero attached hydrogens (tertiary/aromatic N) is 5. The fourth-order valence-electron chi connectivity index (χ4n) is 3.40. The highest BCUT2D eigenvalue weighted by molar-refractivity contribution is 7.98. The third kappa shape index (κ3) is 5.55. The molecule has 2 aromatic carbocycles. The first-order valence-electron chi connectivity index (χ1n) is 10.5. The molecule has 0 atom stereocenters. The lowest BCUT2D eigenvalue weighted by Crippen LogP contribution is -2.24. The van der Waals surface area contributed by atoms with Gasteiger partial charge in [0.1, 0.15) is 5.75 Å². The highest BCUT2D eigenvalue weighted by Crippen LogP contribution is 2.25. The van der Waals surface area contributed by atoms with Crippen LogP contribution in [0, 0.1) is 13.8 Å². The number of hydrogen-bond acceptors (Lipinski definition) is 7. The summed E-state index contributed by atoms with van der Waals surface area (Å²) in [5.41, 5.74) is 4.25. The number of halogens is 1. The number of carbonyl (C=O) groups excluding carboxylic acids is 1. The summed E-state index contributed by atoms with van der Waals surface area (Å²) in [5, 5.41) is 12.6. The monoisotopic (exact) mass is 494 g/mol. The highest BCUT2D eigenvalue weighted by atomic mass is 35.5. The first-order valence-corrected chi connectivity index (χ1v) is 11.9. The van der Waals surface area contributed by atoms with Crippen LogP contribution in [0.3, 0.4) is 0 Å². The van der Waals surface area contributed by atoms with Crippen LogP contribution in [0.4, 0.5) is 0 Å². The van der Waals surface area contributed by atoms with Gasteiger partial charge in [0.25, 0.3) is 5.91 Å². The van der Waals surface area contributed by atoms with Crippen LogP contribution in [0.1, 0.15) is 33.1 Å². The van der Waals surface area contributed by atoms with E-state index in [0.717, 1.165) is 22.6 Å². The van der Waals surface area contributed by atoms with Crippen LogP contribution in [-0.2, 0) is 12.3 Å². The molecular weight excluding hydrogens is 472 g/mol. The van der Waals surface area contributed by atoms with Gasteiger partial charge in [-0.25, -0.2) is 14.6 Å². The Kier molecular flexibility index (Phi) is 7.44. The second-order valence-electron chi connectivity index (χ2n) is 7.49. The van der Waals surface area contributed by atoms with Gasteiger partial charge in [0.15, 0.2) is 10.9 Å². The number of rotatable bonds is 8. The van der Waals surface area contributed by atoms with E-state index in [1.54, 1.807) is 23.9 Å². The molecule has 0 radical (unpaired) electrons. The van der Waals surface area contributed by atoms with Gasteiger partial charge in [0, 0.05) is 34.3 Å². The van der Waals surface area contributed by atoms with Crippen LogP contribution in [-0.4, -0.2) is 38.0 Å². The zero-order valence-corrected chi connectivity index (χ0v) is 20.5. The number of amides is 1. The molecule has 0 aliphatic carbocycles.